The predicted octanol–water partition coefficient (Wildman–Crippen LogP) is 4.83. The molecular formula is C27H25NO7. The largest absolute Gasteiger partial charge is 0.493 e. The average molecular weight is 475 g/mol. The molecule has 1 aliphatic carbocycles. The van der Waals surface area contributed by atoms with Crippen LogP contribution in [0.1, 0.15) is 50.5 Å². The normalized spacial score (nSPS) is 12.5. The molecule has 0 atom stereocenters. The summed E-state index contributed by atoms with van der Waals surface area (Å²) in [7, 11) is 1.50. The lowest BCUT2D eigenvalue weighted by Gasteiger charge is -2.12. The fraction of sp³-hybridized carbons (Fsp3) is 0.296. The molecule has 0 aliphatic heterocycles. The Morgan fingerprint density at radius 3 is 2.57 bits per heavy atom. The van der Waals surface area contributed by atoms with E-state index in [0.717, 1.165) is 35.9 Å². The smallest absolute Gasteiger partial charge is 0.338 e. The molecule has 0 N–H and O–H groups in total. The summed E-state index contributed by atoms with van der Waals surface area (Å²) in [6.07, 6.45) is 3.06. The van der Waals surface area contributed by atoms with Crippen molar-refractivity contribution in [1.29, 1.82) is 0 Å². The second-order valence-corrected chi connectivity index (χ2v) is 8.59. The van der Waals surface area contributed by atoms with Crippen molar-refractivity contribution in [2.75, 3.05) is 7.11 Å². The number of ether oxygens (including phenoxy) is 3. The third kappa shape index (κ3) is 4.51. The quantitative estimate of drug-likeness (QED) is 0.277. The van der Waals surface area contributed by atoms with Crippen LogP contribution in [0.15, 0.2) is 50.1 Å². The first-order chi connectivity index (χ1) is 16.9. The van der Waals surface area contributed by atoms with E-state index >= 15 is 0 Å². The summed E-state index contributed by atoms with van der Waals surface area (Å²) in [5.41, 5.74) is 5.04. The van der Waals surface area contributed by atoms with Crippen LogP contribution in [0.25, 0.3) is 11.0 Å². The molecule has 0 fully saturated rings. The Balaban J connectivity index is 1.32. The lowest BCUT2D eigenvalue weighted by atomic mass is 10.0. The van der Waals surface area contributed by atoms with E-state index in [1.165, 1.54) is 24.3 Å². The Hall–Kier alpha value is -4.07. The minimum absolute atomic E-state index is 0.0493. The highest BCUT2D eigenvalue weighted by Gasteiger charge is 2.18. The van der Waals surface area contributed by atoms with E-state index in [1.54, 1.807) is 18.2 Å². The van der Waals surface area contributed by atoms with Crippen molar-refractivity contribution in [3.05, 3.63) is 86.1 Å². The SMILES string of the molecule is COc1cc(C(=O)OCc2cc(=O)oc3cc4c(cc23)CCC4)ccc1OCc1c(C)noc1C. The van der Waals surface area contributed by atoms with Crippen LogP contribution in [0.5, 0.6) is 11.5 Å². The van der Waals surface area contributed by atoms with Crippen LogP contribution in [-0.2, 0) is 30.8 Å². The van der Waals surface area contributed by atoms with Crippen molar-refractivity contribution in [3.63, 3.8) is 0 Å². The maximum absolute atomic E-state index is 12.8. The number of nitrogens with zero attached hydrogens (tertiary/aromatic N) is 1. The molecule has 0 bridgehead atoms. The van der Waals surface area contributed by atoms with Crippen LogP contribution in [0.3, 0.4) is 0 Å². The maximum atomic E-state index is 12.8. The summed E-state index contributed by atoms with van der Waals surface area (Å²) in [5.74, 6) is 1.02. The number of aromatic nitrogens is 1. The van der Waals surface area contributed by atoms with Gasteiger partial charge >= 0.3 is 11.6 Å². The van der Waals surface area contributed by atoms with Gasteiger partial charge in [-0.1, -0.05) is 5.16 Å². The summed E-state index contributed by atoms with van der Waals surface area (Å²) >= 11 is 0. The number of carbonyl (C=O) groups excluding carboxylic acids is 1. The van der Waals surface area contributed by atoms with Gasteiger partial charge in [0.05, 0.1) is 23.9 Å². The molecule has 4 aromatic rings. The highest BCUT2D eigenvalue weighted by Crippen LogP contribution is 2.31. The zero-order chi connectivity index (χ0) is 24.5. The first kappa shape index (κ1) is 22.7. The first-order valence-electron chi connectivity index (χ1n) is 11.4. The number of aryl methyl sites for hydroxylation is 4. The van der Waals surface area contributed by atoms with Crippen LogP contribution in [0.2, 0.25) is 0 Å². The fourth-order valence-corrected chi connectivity index (χ4v) is 4.41. The zero-order valence-electron chi connectivity index (χ0n) is 19.8. The first-order valence-corrected chi connectivity index (χ1v) is 11.4. The van der Waals surface area contributed by atoms with Crippen molar-refractivity contribution < 1.29 is 27.9 Å². The Morgan fingerprint density at radius 1 is 1.03 bits per heavy atom. The van der Waals surface area contributed by atoms with E-state index in [2.05, 4.69) is 5.16 Å². The van der Waals surface area contributed by atoms with E-state index < -0.39 is 11.6 Å². The van der Waals surface area contributed by atoms with E-state index in [4.69, 9.17) is 23.2 Å². The predicted molar refractivity (Wildman–Crippen MR) is 127 cm³/mol. The van der Waals surface area contributed by atoms with Gasteiger partial charge in [0.1, 0.15) is 24.6 Å². The van der Waals surface area contributed by atoms with Gasteiger partial charge in [0.2, 0.25) is 0 Å². The Morgan fingerprint density at radius 2 is 1.83 bits per heavy atom. The van der Waals surface area contributed by atoms with Gasteiger partial charge in [-0.15, -0.1) is 0 Å². The summed E-state index contributed by atoms with van der Waals surface area (Å²) in [4.78, 5) is 24.9. The maximum Gasteiger partial charge on any atom is 0.338 e. The van der Waals surface area contributed by atoms with Crippen LogP contribution < -0.4 is 15.1 Å². The minimum atomic E-state index is -0.539. The number of methoxy groups -OCH3 is 1. The Bertz CT molecular complexity index is 1460. The standard InChI is InChI=1S/C27H25NO7/c1-15-22(16(2)35-28-15)14-32-23-8-7-19(11-25(23)31-3)27(30)33-13-20-12-26(29)34-24-10-18-6-4-5-17(18)9-21(20)24/h7-12H,4-6,13-14H2,1-3H3. The summed E-state index contributed by atoms with van der Waals surface area (Å²) in [5, 5.41) is 4.71. The molecule has 0 saturated carbocycles. The number of carbonyl (C=O) groups is 1. The van der Waals surface area contributed by atoms with Gasteiger partial charge in [-0.2, -0.15) is 0 Å². The number of hydrogen-bond donors (Lipinski definition) is 0. The van der Waals surface area contributed by atoms with Gasteiger partial charge < -0.3 is 23.2 Å². The van der Waals surface area contributed by atoms with E-state index in [1.807, 2.05) is 26.0 Å². The molecule has 0 saturated heterocycles. The molecule has 2 heterocycles. The number of benzene rings is 2. The monoisotopic (exact) mass is 475 g/mol. The highest BCUT2D eigenvalue weighted by molar-refractivity contribution is 5.90. The molecule has 35 heavy (non-hydrogen) atoms. The lowest BCUT2D eigenvalue weighted by Crippen LogP contribution is -2.09. The molecule has 0 unspecified atom stereocenters. The lowest BCUT2D eigenvalue weighted by molar-refractivity contribution is 0.0473. The fourth-order valence-electron chi connectivity index (χ4n) is 4.41. The van der Waals surface area contributed by atoms with Crippen LogP contribution in [0.4, 0.5) is 0 Å². The Labute approximate surface area is 201 Å². The molecule has 0 radical (unpaired) electrons. The molecular weight excluding hydrogens is 450 g/mol. The van der Waals surface area contributed by atoms with Gasteiger partial charge in [-0.25, -0.2) is 9.59 Å². The van der Waals surface area contributed by atoms with Gasteiger partial charge in [-0.05, 0) is 74.6 Å². The Kier molecular flexibility index (Phi) is 6.03. The molecule has 8 nitrogen and oxygen atoms in total. The molecule has 0 amide bonds. The van der Waals surface area contributed by atoms with Crippen LogP contribution in [0, 0.1) is 13.8 Å². The van der Waals surface area contributed by atoms with Crippen molar-refractivity contribution in [2.24, 2.45) is 0 Å². The van der Waals surface area contributed by atoms with Gasteiger partial charge in [-0.3, -0.25) is 0 Å². The van der Waals surface area contributed by atoms with E-state index in [9.17, 15) is 9.59 Å². The summed E-state index contributed by atoms with van der Waals surface area (Å²) < 4.78 is 27.4. The van der Waals surface area contributed by atoms with Crippen molar-refractivity contribution in [1.82, 2.24) is 5.16 Å². The number of esters is 1. The summed E-state index contributed by atoms with van der Waals surface area (Å²) in [6.45, 7) is 3.88. The zero-order valence-corrected chi connectivity index (χ0v) is 19.8. The van der Waals surface area contributed by atoms with Gasteiger partial charge in [0.25, 0.3) is 0 Å². The highest BCUT2D eigenvalue weighted by atomic mass is 16.5. The molecule has 1 aliphatic rings. The topological polar surface area (TPSA) is 101 Å². The number of hydrogen-bond acceptors (Lipinski definition) is 8. The third-order valence-corrected chi connectivity index (χ3v) is 6.35. The molecule has 2 aromatic heterocycles. The van der Waals surface area contributed by atoms with Gasteiger partial charge in [0.15, 0.2) is 11.5 Å². The van der Waals surface area contributed by atoms with Gasteiger partial charge in [0, 0.05) is 17.0 Å². The molecule has 0 spiro atoms. The number of fused-ring (bicyclic) bond motifs is 2. The van der Waals surface area contributed by atoms with Crippen LogP contribution >= 0.6 is 0 Å². The minimum Gasteiger partial charge on any atom is -0.493 e. The van der Waals surface area contributed by atoms with Crippen molar-refractivity contribution >= 4 is 16.9 Å². The molecule has 8 heteroatoms. The van der Waals surface area contributed by atoms with E-state index in [-0.39, 0.29) is 13.2 Å². The number of rotatable bonds is 7. The third-order valence-electron chi connectivity index (χ3n) is 6.35. The summed E-state index contributed by atoms with van der Waals surface area (Å²) in [6, 6.07) is 10.2. The van der Waals surface area contributed by atoms with Crippen LogP contribution in [-0.4, -0.2) is 18.2 Å². The van der Waals surface area contributed by atoms with Crippen molar-refractivity contribution in [2.45, 2.75) is 46.3 Å². The second-order valence-electron chi connectivity index (χ2n) is 8.59. The molecule has 5 rings (SSSR count). The molecule has 2 aromatic carbocycles. The average Bonchev–Trinajstić information content (AvgIpc) is 3.44. The van der Waals surface area contributed by atoms with Crippen molar-refractivity contribution in [3.8, 4) is 11.5 Å². The second kappa shape index (κ2) is 9.29. The van der Waals surface area contributed by atoms with E-state index in [0.29, 0.717) is 34.0 Å². The molecule has 180 valence electrons.